The van der Waals surface area contributed by atoms with Crippen LogP contribution < -0.4 is 0 Å². The van der Waals surface area contributed by atoms with Gasteiger partial charge >= 0.3 is 12.7 Å². The van der Waals surface area contributed by atoms with Gasteiger partial charge in [0.2, 0.25) is 5.91 Å². The second-order valence-electron chi connectivity index (χ2n) is 5.29. The van der Waals surface area contributed by atoms with Gasteiger partial charge in [-0.15, -0.1) is 0 Å². The number of hydrogen-bond acceptors (Lipinski definition) is 2. The largest absolute Gasteiger partial charge is 0.417 e. The van der Waals surface area contributed by atoms with E-state index in [0.717, 1.165) is 29.3 Å². The highest BCUT2D eigenvalue weighted by Crippen LogP contribution is 2.35. The summed E-state index contributed by atoms with van der Waals surface area (Å²) in [5, 5.41) is -0.447. The number of rotatable bonds is 5. The zero-order chi connectivity index (χ0) is 19.5. The highest BCUT2D eigenvalue weighted by molar-refractivity contribution is 6.31. The Labute approximate surface area is 150 Å². The van der Waals surface area contributed by atoms with Gasteiger partial charge in [0.05, 0.1) is 17.1 Å². The molecule has 1 heterocycles. The van der Waals surface area contributed by atoms with E-state index in [9.17, 15) is 26.7 Å². The van der Waals surface area contributed by atoms with Crippen molar-refractivity contribution in [1.82, 2.24) is 14.5 Å². The minimum absolute atomic E-state index is 0.0184. The molecule has 0 fully saturated rings. The molecule has 0 aliphatic rings. The minimum Gasteiger partial charge on any atom is -0.335 e. The Hall–Kier alpha value is -2.42. The smallest absolute Gasteiger partial charge is 0.335 e. The zero-order valence-electron chi connectivity index (χ0n) is 13.3. The van der Waals surface area contributed by atoms with Crippen molar-refractivity contribution in [3.63, 3.8) is 0 Å². The minimum atomic E-state index is -4.62. The lowest BCUT2D eigenvalue weighted by molar-refractivity contribution is -0.137. The number of halogens is 6. The number of imidazole rings is 1. The van der Waals surface area contributed by atoms with Crippen molar-refractivity contribution in [2.45, 2.75) is 19.3 Å². The van der Waals surface area contributed by atoms with Crippen molar-refractivity contribution in [3.8, 4) is 0 Å². The fourth-order valence-corrected chi connectivity index (χ4v) is 2.32. The number of hydrogen-bond donors (Lipinski definition) is 0. The van der Waals surface area contributed by atoms with Gasteiger partial charge in [-0.25, -0.2) is 4.98 Å². The first-order chi connectivity index (χ1) is 12.1. The molecule has 0 bridgehead atoms. The van der Waals surface area contributed by atoms with Gasteiger partial charge in [0.15, 0.2) is 0 Å². The van der Waals surface area contributed by atoms with Gasteiger partial charge in [0.25, 0.3) is 0 Å². The number of benzene rings is 1. The Morgan fingerprint density at radius 3 is 2.69 bits per heavy atom. The Bertz CT molecular complexity index is 816. The molecule has 10 heteroatoms. The van der Waals surface area contributed by atoms with E-state index in [1.807, 2.05) is 0 Å². The fraction of sp³-hybridized carbons (Fsp3) is 0.250. The monoisotopic (exact) mass is 393 g/mol. The van der Waals surface area contributed by atoms with Gasteiger partial charge in [0.1, 0.15) is 5.82 Å². The number of nitrogens with zero attached hydrogens (tertiary/aromatic N) is 3. The summed E-state index contributed by atoms with van der Waals surface area (Å²) in [7, 11) is 1.36. The Morgan fingerprint density at radius 2 is 2.08 bits per heavy atom. The number of aromatic nitrogens is 2. The lowest BCUT2D eigenvalue weighted by Gasteiger charge is -2.15. The van der Waals surface area contributed by atoms with Crippen molar-refractivity contribution in [3.05, 3.63) is 58.6 Å². The maximum atomic E-state index is 12.8. The standard InChI is InChI=1S/C16H13ClF5N3O/c1-24(9-13-23-6-7-25(13)15(18)19)14(26)5-3-10-2-4-12(17)11(8-10)16(20,21)22/h2-8,15H,9H2,1H3/b5-3+. The summed E-state index contributed by atoms with van der Waals surface area (Å²) in [6.45, 7) is -2.98. The molecule has 4 nitrogen and oxygen atoms in total. The third kappa shape index (κ3) is 4.81. The average Bonchev–Trinajstić information content (AvgIpc) is 3.01. The summed E-state index contributed by atoms with van der Waals surface area (Å²) < 4.78 is 64.6. The van der Waals surface area contributed by atoms with E-state index < -0.39 is 29.2 Å². The molecule has 1 amide bonds. The molecular weight excluding hydrogens is 381 g/mol. The predicted molar refractivity (Wildman–Crippen MR) is 85.4 cm³/mol. The number of carbonyl (C=O) groups is 1. The first-order valence-corrected chi connectivity index (χ1v) is 7.57. The molecule has 140 valence electrons. The molecule has 0 N–H and O–H groups in total. The van der Waals surface area contributed by atoms with Gasteiger partial charge in [-0.05, 0) is 23.8 Å². The van der Waals surface area contributed by atoms with Crippen LogP contribution in [0.5, 0.6) is 0 Å². The summed E-state index contributed by atoms with van der Waals surface area (Å²) in [5.41, 5.74) is -0.890. The molecular formula is C16H13ClF5N3O. The van der Waals surface area contributed by atoms with Crippen LogP contribution in [0.2, 0.25) is 5.02 Å². The molecule has 0 atom stereocenters. The number of alkyl halides is 5. The van der Waals surface area contributed by atoms with Gasteiger partial charge in [0, 0.05) is 25.5 Å². The highest BCUT2D eigenvalue weighted by Gasteiger charge is 2.33. The van der Waals surface area contributed by atoms with Crippen LogP contribution in [0, 0.1) is 0 Å². The summed E-state index contributed by atoms with van der Waals surface area (Å²) in [5.74, 6) is -0.604. The van der Waals surface area contributed by atoms with Gasteiger partial charge in [-0.1, -0.05) is 17.7 Å². The summed E-state index contributed by atoms with van der Waals surface area (Å²) in [6.07, 6.45) is -0.125. The van der Waals surface area contributed by atoms with E-state index in [4.69, 9.17) is 11.6 Å². The Balaban J connectivity index is 2.10. The number of amides is 1. The quantitative estimate of drug-likeness (QED) is 0.549. The molecule has 0 saturated carbocycles. The zero-order valence-corrected chi connectivity index (χ0v) is 14.1. The molecule has 1 aromatic carbocycles. The third-order valence-electron chi connectivity index (χ3n) is 3.43. The summed E-state index contributed by atoms with van der Waals surface area (Å²) in [6, 6.07) is 3.22. The van der Waals surface area contributed by atoms with E-state index in [-0.39, 0.29) is 17.9 Å². The predicted octanol–water partition coefficient (Wildman–Crippen LogP) is 4.62. The molecule has 26 heavy (non-hydrogen) atoms. The van der Waals surface area contributed by atoms with Crippen molar-refractivity contribution in [2.75, 3.05) is 7.05 Å². The van der Waals surface area contributed by atoms with Crippen LogP contribution in [-0.4, -0.2) is 27.4 Å². The average molecular weight is 394 g/mol. The molecule has 2 rings (SSSR count). The molecule has 0 unspecified atom stereocenters. The van der Waals surface area contributed by atoms with E-state index in [2.05, 4.69) is 4.98 Å². The van der Waals surface area contributed by atoms with E-state index in [1.54, 1.807) is 0 Å². The lowest BCUT2D eigenvalue weighted by atomic mass is 10.1. The second kappa shape index (κ2) is 7.86. The van der Waals surface area contributed by atoms with Gasteiger partial charge in [-0.3, -0.25) is 9.36 Å². The first kappa shape index (κ1) is 19.9. The molecule has 0 radical (unpaired) electrons. The van der Waals surface area contributed by atoms with Crippen molar-refractivity contribution >= 4 is 23.6 Å². The Kier molecular flexibility index (Phi) is 6.01. The molecule has 0 spiro atoms. The Morgan fingerprint density at radius 1 is 1.38 bits per heavy atom. The van der Waals surface area contributed by atoms with Crippen LogP contribution in [0.15, 0.2) is 36.7 Å². The lowest BCUT2D eigenvalue weighted by Crippen LogP contribution is -2.26. The number of likely N-dealkylation sites (N-methyl/N-ethyl adjacent to an activating group) is 1. The van der Waals surface area contributed by atoms with Crippen LogP contribution in [0.4, 0.5) is 22.0 Å². The van der Waals surface area contributed by atoms with Gasteiger partial charge in [-0.2, -0.15) is 22.0 Å². The second-order valence-corrected chi connectivity index (χ2v) is 5.70. The highest BCUT2D eigenvalue weighted by atomic mass is 35.5. The summed E-state index contributed by atoms with van der Waals surface area (Å²) in [4.78, 5) is 16.9. The normalized spacial score (nSPS) is 12.2. The topological polar surface area (TPSA) is 38.1 Å². The first-order valence-electron chi connectivity index (χ1n) is 7.19. The van der Waals surface area contributed by atoms with Crippen LogP contribution in [0.1, 0.15) is 23.5 Å². The van der Waals surface area contributed by atoms with Crippen LogP contribution >= 0.6 is 11.6 Å². The maximum Gasteiger partial charge on any atom is 0.417 e. The SMILES string of the molecule is CN(Cc1nccn1C(F)F)C(=O)/C=C/c1ccc(Cl)c(C(F)(F)F)c1. The fourth-order valence-electron chi connectivity index (χ4n) is 2.09. The van der Waals surface area contributed by atoms with Crippen molar-refractivity contribution < 1.29 is 26.7 Å². The van der Waals surface area contributed by atoms with E-state index in [0.29, 0.717) is 4.57 Å². The van der Waals surface area contributed by atoms with Crippen molar-refractivity contribution in [2.24, 2.45) is 0 Å². The van der Waals surface area contributed by atoms with Crippen LogP contribution in [0.25, 0.3) is 6.08 Å². The third-order valence-corrected chi connectivity index (χ3v) is 3.76. The van der Waals surface area contributed by atoms with Crippen LogP contribution in [-0.2, 0) is 17.5 Å². The molecule has 0 saturated heterocycles. The maximum absolute atomic E-state index is 12.8. The van der Waals surface area contributed by atoms with Gasteiger partial charge < -0.3 is 4.90 Å². The molecule has 0 aliphatic carbocycles. The molecule has 1 aromatic heterocycles. The number of carbonyl (C=O) groups excluding carboxylic acids is 1. The van der Waals surface area contributed by atoms with Crippen molar-refractivity contribution in [1.29, 1.82) is 0 Å². The summed E-state index contributed by atoms with van der Waals surface area (Å²) >= 11 is 5.52. The molecule has 2 aromatic rings. The van der Waals surface area contributed by atoms with Crippen LogP contribution in [0.3, 0.4) is 0 Å². The van der Waals surface area contributed by atoms with E-state index in [1.165, 1.54) is 25.4 Å². The van der Waals surface area contributed by atoms with E-state index >= 15 is 0 Å². The molecule has 0 aliphatic heterocycles.